The van der Waals surface area contributed by atoms with E-state index in [-0.39, 0.29) is 6.42 Å². The zero-order valence-corrected chi connectivity index (χ0v) is 18.0. The third-order valence-electron chi connectivity index (χ3n) is 4.50. The highest BCUT2D eigenvalue weighted by molar-refractivity contribution is 14.1. The van der Waals surface area contributed by atoms with Gasteiger partial charge in [0.1, 0.15) is 6.10 Å². The van der Waals surface area contributed by atoms with Crippen molar-refractivity contribution in [1.82, 2.24) is 25.0 Å². The molecule has 4 atom stereocenters. The van der Waals surface area contributed by atoms with Gasteiger partial charge in [-0.15, -0.1) is 5.10 Å². The molecule has 1 aliphatic carbocycles. The first kappa shape index (κ1) is 21.2. The van der Waals surface area contributed by atoms with Crippen molar-refractivity contribution in [2.24, 2.45) is 5.92 Å². The zero-order valence-electron chi connectivity index (χ0n) is 15.1. The number of hydrogen-bond donors (Lipinski definition) is 4. The fourth-order valence-corrected chi connectivity index (χ4v) is 4.06. The molecule has 1 saturated carbocycles. The van der Waals surface area contributed by atoms with Gasteiger partial charge >= 0.3 is 5.97 Å². The number of thioether (sulfide) groups is 1. The van der Waals surface area contributed by atoms with Gasteiger partial charge in [0.25, 0.3) is 0 Å². The molecule has 28 heavy (non-hydrogen) atoms. The van der Waals surface area contributed by atoms with E-state index in [2.05, 4.69) is 55.1 Å². The van der Waals surface area contributed by atoms with E-state index in [0.717, 1.165) is 12.2 Å². The van der Waals surface area contributed by atoms with Gasteiger partial charge in [0.2, 0.25) is 0 Å². The molecule has 3 rings (SSSR count). The van der Waals surface area contributed by atoms with Crippen molar-refractivity contribution < 1.29 is 20.1 Å². The van der Waals surface area contributed by atoms with Crippen molar-refractivity contribution >= 4 is 57.3 Å². The number of aromatic nitrogens is 5. The average molecular weight is 520 g/mol. The third-order valence-corrected chi connectivity index (χ3v) is 6.06. The summed E-state index contributed by atoms with van der Waals surface area (Å²) < 4.78 is 3.29. The van der Waals surface area contributed by atoms with Crippen LogP contribution in [0, 0.1) is 5.92 Å². The van der Waals surface area contributed by atoms with E-state index < -0.39 is 30.1 Å². The van der Waals surface area contributed by atoms with E-state index in [1.807, 2.05) is 10.2 Å². The van der Waals surface area contributed by atoms with Crippen LogP contribution in [0.25, 0.3) is 11.2 Å². The monoisotopic (exact) mass is 520 g/mol. The number of aliphatic hydroxyl groups excluding tert-OH is 2. The number of nitrogens with zero attached hydrogens (tertiary/aromatic N) is 5. The summed E-state index contributed by atoms with van der Waals surface area (Å²) in [4.78, 5) is 20.4. The number of fused-ring (bicyclic) bond motifs is 1. The van der Waals surface area contributed by atoms with E-state index in [1.54, 1.807) is 0 Å². The van der Waals surface area contributed by atoms with Crippen LogP contribution >= 0.6 is 34.4 Å². The lowest BCUT2D eigenvalue weighted by molar-refractivity contribution is -0.145. The fourth-order valence-electron chi connectivity index (χ4n) is 3.11. The molecule has 2 heterocycles. The zero-order chi connectivity index (χ0) is 20.3. The van der Waals surface area contributed by atoms with E-state index in [4.69, 9.17) is 0 Å². The van der Waals surface area contributed by atoms with Gasteiger partial charge in [0, 0.05) is 12.3 Å². The number of carbonyl (C=O) groups is 1. The smallest absolute Gasteiger partial charge is 0.309 e. The predicted molar refractivity (Wildman–Crippen MR) is 113 cm³/mol. The van der Waals surface area contributed by atoms with Gasteiger partial charge < -0.3 is 20.6 Å². The number of hydrogen-bond acceptors (Lipinski definition) is 9. The molecule has 2 aromatic rings. The highest BCUT2D eigenvalue weighted by Crippen LogP contribution is 2.37. The van der Waals surface area contributed by atoms with Crippen molar-refractivity contribution in [3.8, 4) is 0 Å². The van der Waals surface area contributed by atoms with E-state index >= 15 is 0 Å². The van der Waals surface area contributed by atoms with Gasteiger partial charge in [-0.05, 0) is 16.9 Å². The van der Waals surface area contributed by atoms with Crippen molar-refractivity contribution in [1.29, 1.82) is 0 Å². The van der Waals surface area contributed by atoms with Crippen LogP contribution in [-0.2, 0) is 4.79 Å². The summed E-state index contributed by atoms with van der Waals surface area (Å²) in [5.41, 5.74) is 0.833. The molecule has 0 saturated heterocycles. The SMILES string of the molecule is CCCSc1nc(NC/C=C/I)c2nnn([C@@H]3C[C@H](C(=O)O)[C@@H](O)[C@H]3O)c2n1. The number of anilines is 1. The van der Waals surface area contributed by atoms with Crippen LogP contribution in [0.3, 0.4) is 0 Å². The highest BCUT2D eigenvalue weighted by Gasteiger charge is 2.47. The Kier molecular flexibility index (Phi) is 7.06. The Bertz CT molecular complexity index is 878. The lowest BCUT2D eigenvalue weighted by Gasteiger charge is -2.16. The molecule has 1 aliphatic rings. The Morgan fingerprint density at radius 2 is 2.18 bits per heavy atom. The van der Waals surface area contributed by atoms with Crippen LogP contribution in [0.15, 0.2) is 15.3 Å². The Morgan fingerprint density at radius 3 is 2.82 bits per heavy atom. The van der Waals surface area contributed by atoms with Gasteiger partial charge in [-0.1, -0.05) is 52.6 Å². The summed E-state index contributed by atoms with van der Waals surface area (Å²) in [6.45, 7) is 2.61. The number of nitrogens with one attached hydrogen (secondary N) is 1. The maximum absolute atomic E-state index is 11.3. The molecule has 0 radical (unpaired) electrons. The van der Waals surface area contributed by atoms with Crippen LogP contribution in [0.2, 0.25) is 0 Å². The number of rotatable bonds is 8. The normalized spacial score (nSPS) is 25.0. The minimum absolute atomic E-state index is 0.0396. The molecule has 0 spiro atoms. The van der Waals surface area contributed by atoms with E-state index in [9.17, 15) is 20.1 Å². The predicted octanol–water partition coefficient (Wildman–Crippen LogP) is 1.45. The van der Waals surface area contributed by atoms with Crippen LogP contribution in [0.4, 0.5) is 5.82 Å². The molecule has 2 aromatic heterocycles. The second-order valence-corrected chi connectivity index (χ2v) is 8.16. The Hall–Kier alpha value is -1.51. The molecule has 0 unspecified atom stereocenters. The largest absolute Gasteiger partial charge is 0.481 e. The topological polar surface area (TPSA) is 146 Å². The van der Waals surface area contributed by atoms with Gasteiger partial charge in [0.05, 0.1) is 18.1 Å². The first-order valence-electron chi connectivity index (χ1n) is 8.81. The van der Waals surface area contributed by atoms with Gasteiger partial charge in [-0.25, -0.2) is 14.6 Å². The second-order valence-electron chi connectivity index (χ2n) is 6.38. The minimum atomic E-state index is -1.37. The maximum Gasteiger partial charge on any atom is 0.309 e. The standard InChI is InChI=1S/C16H21IN6O4S/c1-2-6-28-16-19-13(18-5-3-4-17)10-14(20-16)23(22-21-10)9-7-8(15(26)27)11(24)12(9)25/h3-4,8-9,11-12,24-25H,2,5-7H2,1H3,(H,26,27)(H,18,19,20)/b4-3+/t8-,9+,11+,12-/m0/s1. The summed E-state index contributed by atoms with van der Waals surface area (Å²) >= 11 is 3.62. The van der Waals surface area contributed by atoms with Crippen molar-refractivity contribution in [3.63, 3.8) is 0 Å². The summed E-state index contributed by atoms with van der Waals surface area (Å²) in [5.74, 6) is -0.861. The minimum Gasteiger partial charge on any atom is -0.481 e. The average Bonchev–Trinajstić information content (AvgIpc) is 3.22. The molecule has 0 aromatic carbocycles. The number of halogens is 1. The Morgan fingerprint density at radius 1 is 1.39 bits per heavy atom. The Balaban J connectivity index is 2.01. The third kappa shape index (κ3) is 4.23. The molecular formula is C16H21IN6O4S. The highest BCUT2D eigenvalue weighted by atomic mass is 127. The summed E-state index contributed by atoms with van der Waals surface area (Å²) in [6.07, 6.45) is 0.275. The lowest BCUT2D eigenvalue weighted by Crippen LogP contribution is -2.32. The molecule has 1 fully saturated rings. The summed E-state index contributed by atoms with van der Waals surface area (Å²) in [7, 11) is 0. The molecular weight excluding hydrogens is 499 g/mol. The first-order chi connectivity index (χ1) is 13.5. The van der Waals surface area contributed by atoms with Crippen molar-refractivity contribution in [3.05, 3.63) is 10.2 Å². The number of aliphatic carboxylic acids is 1. The molecule has 0 amide bonds. The van der Waals surface area contributed by atoms with Crippen molar-refractivity contribution in [2.45, 2.75) is 43.2 Å². The van der Waals surface area contributed by atoms with Crippen LogP contribution in [0.1, 0.15) is 25.8 Å². The summed E-state index contributed by atoms with van der Waals surface area (Å²) in [6, 6.07) is -0.734. The molecule has 12 heteroatoms. The van der Waals surface area contributed by atoms with E-state index in [0.29, 0.717) is 28.7 Å². The first-order valence-corrected chi connectivity index (χ1v) is 11.0. The van der Waals surface area contributed by atoms with Gasteiger partial charge in [-0.2, -0.15) is 0 Å². The maximum atomic E-state index is 11.3. The van der Waals surface area contributed by atoms with Crippen LogP contribution in [0.5, 0.6) is 0 Å². The number of carboxylic acid groups (broad SMARTS) is 1. The fraction of sp³-hybridized carbons (Fsp3) is 0.562. The number of carboxylic acids is 1. The quantitative estimate of drug-likeness (QED) is 0.229. The van der Waals surface area contributed by atoms with Crippen molar-refractivity contribution in [2.75, 3.05) is 17.6 Å². The second kappa shape index (κ2) is 9.33. The number of aliphatic hydroxyl groups is 2. The molecule has 4 N–H and O–H groups in total. The van der Waals surface area contributed by atoms with Crippen LogP contribution in [-0.4, -0.2) is 70.8 Å². The molecule has 152 valence electrons. The molecule has 0 aliphatic heterocycles. The Labute approximate surface area is 179 Å². The molecule has 10 nitrogen and oxygen atoms in total. The lowest BCUT2D eigenvalue weighted by atomic mass is 10.1. The van der Waals surface area contributed by atoms with Gasteiger partial charge in [0.15, 0.2) is 22.1 Å². The van der Waals surface area contributed by atoms with Crippen LogP contribution < -0.4 is 5.32 Å². The van der Waals surface area contributed by atoms with Gasteiger partial charge in [-0.3, -0.25) is 4.79 Å². The van der Waals surface area contributed by atoms with E-state index in [1.165, 1.54) is 16.4 Å². The molecule has 0 bridgehead atoms. The summed E-state index contributed by atoms with van der Waals surface area (Å²) in [5, 5.41) is 41.7.